The molecule has 0 fully saturated rings. The summed E-state index contributed by atoms with van der Waals surface area (Å²) in [4.78, 5) is 16.0. The summed E-state index contributed by atoms with van der Waals surface area (Å²) in [7, 11) is 0. The van der Waals surface area contributed by atoms with Crippen LogP contribution < -0.4 is 11.1 Å². The Morgan fingerprint density at radius 3 is 2.83 bits per heavy atom. The fourth-order valence-corrected chi connectivity index (χ4v) is 1.67. The largest absolute Gasteiger partial charge is 0.325 e. The summed E-state index contributed by atoms with van der Waals surface area (Å²) in [5.74, 6) is -0.236. The topological polar surface area (TPSA) is 68.0 Å². The van der Waals surface area contributed by atoms with Crippen molar-refractivity contribution in [2.24, 2.45) is 5.73 Å². The number of amides is 1. The zero-order valence-corrected chi connectivity index (χ0v) is 10.3. The number of aromatic nitrogens is 1. The van der Waals surface area contributed by atoms with Crippen molar-refractivity contribution in [2.75, 3.05) is 5.32 Å². The van der Waals surface area contributed by atoms with E-state index < -0.39 is 0 Å². The highest BCUT2D eigenvalue weighted by atomic mass is 35.5. The van der Waals surface area contributed by atoms with Gasteiger partial charge in [0.25, 0.3) is 5.91 Å². The van der Waals surface area contributed by atoms with E-state index in [0.29, 0.717) is 28.5 Å². The number of carbonyl (C=O) groups excluding carboxylic acids is 1. The maximum Gasteiger partial charge on any atom is 0.255 e. The minimum absolute atomic E-state index is 0.236. The molecule has 18 heavy (non-hydrogen) atoms. The second-order valence-corrected chi connectivity index (χ2v) is 4.08. The molecule has 0 spiro atoms. The summed E-state index contributed by atoms with van der Waals surface area (Å²) in [5, 5.41) is 3.24. The molecule has 1 heterocycles. The van der Waals surface area contributed by atoms with Crippen LogP contribution in [0.3, 0.4) is 0 Å². The number of nitrogens with two attached hydrogens (primary N) is 1. The Kier molecular flexibility index (Phi) is 3.92. The Balaban J connectivity index is 2.19. The number of nitrogens with one attached hydrogen (secondary N) is 1. The van der Waals surface area contributed by atoms with Gasteiger partial charge < -0.3 is 11.1 Å². The molecule has 0 aliphatic heterocycles. The Morgan fingerprint density at radius 2 is 2.11 bits per heavy atom. The average Bonchev–Trinajstić information content (AvgIpc) is 2.41. The van der Waals surface area contributed by atoms with Crippen molar-refractivity contribution in [1.82, 2.24) is 4.98 Å². The molecule has 0 saturated heterocycles. The normalized spacial score (nSPS) is 10.1. The van der Waals surface area contributed by atoms with Crippen LogP contribution in [-0.4, -0.2) is 10.9 Å². The number of hydrogen-bond acceptors (Lipinski definition) is 3. The van der Waals surface area contributed by atoms with E-state index in [1.807, 2.05) is 0 Å². The molecular weight excluding hydrogens is 250 g/mol. The maximum atomic E-state index is 12.0. The third-order valence-electron chi connectivity index (χ3n) is 2.41. The van der Waals surface area contributed by atoms with E-state index in [0.717, 1.165) is 0 Å². The molecule has 5 heteroatoms. The smallest absolute Gasteiger partial charge is 0.255 e. The lowest BCUT2D eigenvalue weighted by Gasteiger charge is -2.07. The Bertz CT molecular complexity index is 572. The van der Waals surface area contributed by atoms with E-state index >= 15 is 0 Å². The number of benzene rings is 1. The molecule has 0 aliphatic rings. The highest BCUT2D eigenvalue weighted by Crippen LogP contribution is 2.21. The van der Waals surface area contributed by atoms with Crippen LogP contribution in [0, 0.1) is 0 Å². The molecule has 0 saturated carbocycles. The fourth-order valence-electron chi connectivity index (χ4n) is 1.49. The highest BCUT2D eigenvalue weighted by molar-refractivity contribution is 6.33. The van der Waals surface area contributed by atoms with Crippen molar-refractivity contribution in [2.45, 2.75) is 6.54 Å². The van der Waals surface area contributed by atoms with Crippen molar-refractivity contribution >= 4 is 23.2 Å². The number of anilines is 1. The van der Waals surface area contributed by atoms with Crippen molar-refractivity contribution < 1.29 is 4.79 Å². The monoisotopic (exact) mass is 261 g/mol. The lowest BCUT2D eigenvalue weighted by Crippen LogP contribution is -2.13. The summed E-state index contributed by atoms with van der Waals surface area (Å²) in [6.07, 6.45) is 1.56. The van der Waals surface area contributed by atoms with Crippen LogP contribution in [0.5, 0.6) is 0 Å². The van der Waals surface area contributed by atoms with Gasteiger partial charge in [0.15, 0.2) is 0 Å². The second kappa shape index (κ2) is 5.62. The van der Waals surface area contributed by atoms with Crippen LogP contribution in [0.15, 0.2) is 42.6 Å². The predicted octanol–water partition coefficient (Wildman–Crippen LogP) is 2.45. The predicted molar refractivity (Wildman–Crippen MR) is 71.5 cm³/mol. The number of para-hydroxylation sites is 1. The Labute approximate surface area is 110 Å². The second-order valence-electron chi connectivity index (χ2n) is 3.67. The molecule has 3 N–H and O–H groups in total. The third kappa shape index (κ3) is 2.85. The van der Waals surface area contributed by atoms with Gasteiger partial charge in [0, 0.05) is 18.3 Å². The van der Waals surface area contributed by atoms with Gasteiger partial charge in [-0.05, 0) is 24.3 Å². The number of carbonyl (C=O) groups is 1. The third-order valence-corrected chi connectivity index (χ3v) is 2.74. The van der Waals surface area contributed by atoms with Crippen molar-refractivity contribution in [3.05, 3.63) is 58.9 Å². The molecule has 92 valence electrons. The number of halogens is 1. The van der Waals surface area contributed by atoms with Crippen LogP contribution in [0.2, 0.25) is 5.02 Å². The SMILES string of the molecule is NCc1cc(C(=O)Nc2ccccc2Cl)ccn1. The first-order chi connectivity index (χ1) is 8.70. The number of rotatable bonds is 3. The summed E-state index contributed by atoms with van der Waals surface area (Å²) in [6.45, 7) is 0.299. The zero-order valence-electron chi connectivity index (χ0n) is 9.56. The van der Waals surface area contributed by atoms with Crippen LogP contribution in [0.4, 0.5) is 5.69 Å². The molecule has 1 aromatic heterocycles. The quantitative estimate of drug-likeness (QED) is 0.892. The zero-order chi connectivity index (χ0) is 13.0. The molecule has 2 aromatic rings. The van der Waals surface area contributed by atoms with Gasteiger partial charge in [0.2, 0.25) is 0 Å². The first kappa shape index (κ1) is 12.5. The van der Waals surface area contributed by atoms with Gasteiger partial charge in [-0.15, -0.1) is 0 Å². The minimum atomic E-state index is -0.236. The van der Waals surface area contributed by atoms with Crippen molar-refractivity contribution in [1.29, 1.82) is 0 Å². The summed E-state index contributed by atoms with van der Waals surface area (Å²) in [6, 6.07) is 10.4. The first-order valence-electron chi connectivity index (χ1n) is 5.41. The van der Waals surface area contributed by atoms with Gasteiger partial charge >= 0.3 is 0 Å². The fraction of sp³-hybridized carbons (Fsp3) is 0.0769. The Hall–Kier alpha value is -1.91. The van der Waals surface area contributed by atoms with E-state index in [-0.39, 0.29) is 5.91 Å². The molecule has 0 aliphatic carbocycles. The summed E-state index contributed by atoms with van der Waals surface area (Å²) < 4.78 is 0. The summed E-state index contributed by atoms with van der Waals surface area (Å²) in [5.41, 5.74) is 7.23. The molecule has 4 nitrogen and oxygen atoms in total. The molecule has 0 radical (unpaired) electrons. The van der Waals surface area contributed by atoms with Gasteiger partial charge in [-0.1, -0.05) is 23.7 Å². The van der Waals surface area contributed by atoms with E-state index in [4.69, 9.17) is 17.3 Å². The number of pyridine rings is 1. The van der Waals surface area contributed by atoms with E-state index in [9.17, 15) is 4.79 Å². The van der Waals surface area contributed by atoms with E-state index in [2.05, 4.69) is 10.3 Å². The highest BCUT2D eigenvalue weighted by Gasteiger charge is 2.08. The van der Waals surface area contributed by atoms with Crippen LogP contribution in [0.1, 0.15) is 16.1 Å². The van der Waals surface area contributed by atoms with Gasteiger partial charge in [0.1, 0.15) is 0 Å². The first-order valence-corrected chi connectivity index (χ1v) is 5.79. The van der Waals surface area contributed by atoms with Gasteiger partial charge in [-0.3, -0.25) is 9.78 Å². The van der Waals surface area contributed by atoms with Crippen LogP contribution in [0.25, 0.3) is 0 Å². The van der Waals surface area contributed by atoms with E-state index in [1.54, 1.807) is 42.6 Å². The number of hydrogen-bond donors (Lipinski definition) is 2. The molecule has 2 rings (SSSR count). The van der Waals surface area contributed by atoms with Gasteiger partial charge in [0.05, 0.1) is 16.4 Å². The molecule has 0 atom stereocenters. The minimum Gasteiger partial charge on any atom is -0.325 e. The molecule has 0 unspecified atom stereocenters. The molecule has 1 aromatic carbocycles. The van der Waals surface area contributed by atoms with Crippen LogP contribution >= 0.6 is 11.6 Å². The van der Waals surface area contributed by atoms with Gasteiger partial charge in [-0.2, -0.15) is 0 Å². The molecule has 1 amide bonds. The Morgan fingerprint density at radius 1 is 1.33 bits per heavy atom. The molecular formula is C13H12ClN3O. The molecule has 0 bridgehead atoms. The lowest BCUT2D eigenvalue weighted by atomic mass is 10.2. The average molecular weight is 262 g/mol. The number of nitrogens with zero attached hydrogens (tertiary/aromatic N) is 1. The van der Waals surface area contributed by atoms with Crippen molar-refractivity contribution in [3.63, 3.8) is 0 Å². The standard InChI is InChI=1S/C13H12ClN3O/c14-11-3-1-2-4-12(11)17-13(18)9-5-6-16-10(7-9)8-15/h1-7H,8,15H2,(H,17,18). The van der Waals surface area contributed by atoms with E-state index in [1.165, 1.54) is 0 Å². The van der Waals surface area contributed by atoms with Crippen LogP contribution in [-0.2, 0) is 6.54 Å². The van der Waals surface area contributed by atoms with Gasteiger partial charge in [-0.25, -0.2) is 0 Å². The maximum absolute atomic E-state index is 12.0. The van der Waals surface area contributed by atoms with Crippen molar-refractivity contribution in [3.8, 4) is 0 Å². The summed E-state index contributed by atoms with van der Waals surface area (Å²) >= 11 is 5.97. The lowest BCUT2D eigenvalue weighted by molar-refractivity contribution is 0.102.